The van der Waals surface area contributed by atoms with Crippen LogP contribution < -0.4 is 4.57 Å². The maximum Gasteiger partial charge on any atom is 0.673 e. The van der Waals surface area contributed by atoms with Gasteiger partial charge in [-0.15, -0.1) is 0 Å². The van der Waals surface area contributed by atoms with Crippen molar-refractivity contribution in [1.29, 1.82) is 0 Å². The first kappa shape index (κ1) is 13.0. The smallest absolute Gasteiger partial charge is 0.418 e. The molecule has 0 fully saturated rings. The molecule has 7 heteroatoms. The van der Waals surface area contributed by atoms with Gasteiger partial charge in [-0.05, 0) is 6.92 Å². The molecule has 0 aliphatic carbocycles. The van der Waals surface area contributed by atoms with Crippen molar-refractivity contribution in [2.24, 2.45) is 7.05 Å². The first-order valence-electron chi connectivity index (χ1n) is 4.13. The van der Waals surface area contributed by atoms with E-state index < -0.39 is 7.25 Å². The minimum absolute atomic E-state index is 1.06. The Morgan fingerprint density at radius 1 is 1.36 bits per heavy atom. The second-order valence-corrected chi connectivity index (χ2v) is 2.82. The van der Waals surface area contributed by atoms with Gasteiger partial charge in [0.1, 0.15) is 11.9 Å². The largest absolute Gasteiger partial charge is 0.673 e. The molecule has 0 bridgehead atoms. The van der Waals surface area contributed by atoms with Gasteiger partial charge in [0.2, 0.25) is 6.33 Å². The van der Waals surface area contributed by atoms with E-state index in [0.29, 0.717) is 0 Å². The summed E-state index contributed by atoms with van der Waals surface area (Å²) in [5.74, 6) is 0. The molecule has 1 aromatic rings. The number of hydrogen-bond donors (Lipinski definition) is 0. The van der Waals surface area contributed by atoms with Crippen molar-refractivity contribution < 1.29 is 21.8 Å². The Morgan fingerprint density at radius 2 is 1.79 bits per heavy atom. The fraction of sp³-hybridized carbons (Fsp3) is 0.571. The van der Waals surface area contributed by atoms with Gasteiger partial charge in [-0.3, -0.25) is 0 Å². The Labute approximate surface area is 80.3 Å². The normalized spacial score (nSPS) is 10.8. The Morgan fingerprint density at radius 3 is 1.93 bits per heavy atom. The Bertz CT molecular complexity index is 256. The minimum atomic E-state index is -6.00. The third-order valence-corrected chi connectivity index (χ3v) is 1.60. The van der Waals surface area contributed by atoms with Crippen LogP contribution in [0.25, 0.3) is 0 Å². The van der Waals surface area contributed by atoms with Gasteiger partial charge in [0.25, 0.3) is 0 Å². The van der Waals surface area contributed by atoms with Crippen LogP contribution in [0.1, 0.15) is 12.6 Å². The van der Waals surface area contributed by atoms with Gasteiger partial charge < -0.3 is 17.3 Å². The SMILES string of the molecule is CC[n+]1cc(C)n(C)c1.F[B-](F)(F)F. The van der Waals surface area contributed by atoms with Crippen LogP contribution in [-0.2, 0) is 13.6 Å². The molecular weight excluding hydrogens is 199 g/mol. The monoisotopic (exact) mass is 212 g/mol. The average Bonchev–Trinajstić information content (AvgIpc) is 2.28. The molecule has 82 valence electrons. The maximum atomic E-state index is 9.75. The number of aromatic nitrogens is 2. The summed E-state index contributed by atoms with van der Waals surface area (Å²) in [6, 6.07) is 0. The van der Waals surface area contributed by atoms with E-state index in [9.17, 15) is 17.3 Å². The zero-order valence-electron chi connectivity index (χ0n) is 8.35. The second kappa shape index (κ2) is 5.02. The highest BCUT2D eigenvalue weighted by molar-refractivity contribution is 6.50. The zero-order chi connectivity index (χ0) is 11.4. The predicted molar refractivity (Wildman–Crippen MR) is 46.2 cm³/mol. The highest BCUT2D eigenvalue weighted by Crippen LogP contribution is 2.06. The van der Waals surface area contributed by atoms with Gasteiger partial charge in [0.15, 0.2) is 0 Å². The van der Waals surface area contributed by atoms with Crippen molar-refractivity contribution in [3.05, 3.63) is 18.2 Å². The lowest BCUT2D eigenvalue weighted by Crippen LogP contribution is -2.28. The van der Waals surface area contributed by atoms with Crippen LogP contribution in [0.5, 0.6) is 0 Å². The van der Waals surface area contributed by atoms with E-state index >= 15 is 0 Å². The number of aryl methyl sites for hydroxylation is 3. The molecule has 1 aromatic heterocycles. The molecule has 0 saturated carbocycles. The van der Waals surface area contributed by atoms with E-state index in [1.807, 2.05) is 0 Å². The van der Waals surface area contributed by atoms with E-state index in [1.165, 1.54) is 5.69 Å². The first-order valence-corrected chi connectivity index (χ1v) is 4.13. The second-order valence-electron chi connectivity index (χ2n) is 2.82. The summed E-state index contributed by atoms with van der Waals surface area (Å²) in [5.41, 5.74) is 1.30. The Hall–Kier alpha value is -1.01. The molecule has 1 heterocycles. The molecular formula is C7H13BF4N2. The first-order chi connectivity index (χ1) is 6.24. The third kappa shape index (κ3) is 6.50. The summed E-state index contributed by atoms with van der Waals surface area (Å²) < 4.78 is 43.3. The number of halogens is 4. The molecule has 0 aromatic carbocycles. The highest BCUT2D eigenvalue weighted by Gasteiger charge is 2.20. The minimum Gasteiger partial charge on any atom is -0.418 e. The lowest BCUT2D eigenvalue weighted by Gasteiger charge is -1.94. The van der Waals surface area contributed by atoms with E-state index in [1.54, 1.807) is 0 Å². The lowest BCUT2D eigenvalue weighted by atomic mass is 10.3. The van der Waals surface area contributed by atoms with Crippen LogP contribution in [0, 0.1) is 6.92 Å². The Kier molecular flexibility index (Phi) is 4.66. The van der Waals surface area contributed by atoms with Crippen LogP contribution in [0.3, 0.4) is 0 Å². The highest BCUT2D eigenvalue weighted by atomic mass is 19.5. The van der Waals surface area contributed by atoms with Gasteiger partial charge in [-0.25, -0.2) is 9.13 Å². The fourth-order valence-electron chi connectivity index (χ4n) is 0.851. The van der Waals surface area contributed by atoms with Crippen molar-refractivity contribution in [2.45, 2.75) is 20.4 Å². The number of nitrogens with zero attached hydrogens (tertiary/aromatic N) is 2. The fourth-order valence-corrected chi connectivity index (χ4v) is 0.851. The summed E-state index contributed by atoms with van der Waals surface area (Å²) in [7, 11) is -3.94. The molecule has 0 spiro atoms. The summed E-state index contributed by atoms with van der Waals surface area (Å²) >= 11 is 0. The van der Waals surface area contributed by atoms with Gasteiger partial charge in [-0.1, -0.05) is 0 Å². The predicted octanol–water partition coefficient (Wildman–Crippen LogP) is 1.94. The average molecular weight is 212 g/mol. The van der Waals surface area contributed by atoms with Crippen molar-refractivity contribution in [1.82, 2.24) is 4.57 Å². The zero-order valence-corrected chi connectivity index (χ0v) is 8.35. The van der Waals surface area contributed by atoms with E-state index in [2.05, 4.69) is 42.6 Å². The number of hydrogen-bond acceptors (Lipinski definition) is 0. The van der Waals surface area contributed by atoms with Gasteiger partial charge in [0, 0.05) is 6.92 Å². The molecule has 1 rings (SSSR count). The van der Waals surface area contributed by atoms with Crippen LogP contribution in [0.2, 0.25) is 0 Å². The molecule has 0 N–H and O–H groups in total. The summed E-state index contributed by atoms with van der Waals surface area (Å²) in [4.78, 5) is 0. The molecule has 0 radical (unpaired) electrons. The molecule has 0 saturated heterocycles. The van der Waals surface area contributed by atoms with Gasteiger partial charge in [0.05, 0.1) is 13.6 Å². The molecule has 0 amide bonds. The van der Waals surface area contributed by atoms with Crippen molar-refractivity contribution in [3.8, 4) is 0 Å². The van der Waals surface area contributed by atoms with Crippen molar-refractivity contribution >= 4 is 7.25 Å². The van der Waals surface area contributed by atoms with Crippen LogP contribution in [-0.4, -0.2) is 11.8 Å². The van der Waals surface area contributed by atoms with Crippen LogP contribution in [0.15, 0.2) is 12.5 Å². The van der Waals surface area contributed by atoms with E-state index in [4.69, 9.17) is 0 Å². The van der Waals surface area contributed by atoms with Gasteiger partial charge in [-0.2, -0.15) is 0 Å². The summed E-state index contributed by atoms with van der Waals surface area (Å²) in [5, 5.41) is 0. The maximum absolute atomic E-state index is 9.75. The van der Waals surface area contributed by atoms with Crippen molar-refractivity contribution in [3.63, 3.8) is 0 Å². The molecule has 0 aliphatic rings. The molecule has 0 unspecified atom stereocenters. The lowest BCUT2D eigenvalue weighted by molar-refractivity contribution is -0.693. The standard InChI is InChI=1S/C7H13N2.BF4/c1-4-9-5-7(2)8(3)6-9;2-1(3,4)5/h5-6H,4H2,1-3H3;/q+1;-1. The molecule has 14 heavy (non-hydrogen) atoms. The summed E-state index contributed by atoms with van der Waals surface area (Å²) in [6.45, 7) is 5.30. The summed E-state index contributed by atoms with van der Waals surface area (Å²) in [6.07, 6.45) is 4.23. The van der Waals surface area contributed by atoms with E-state index in [-0.39, 0.29) is 0 Å². The number of imidazole rings is 1. The van der Waals surface area contributed by atoms with E-state index in [0.717, 1.165) is 6.54 Å². The topological polar surface area (TPSA) is 8.81 Å². The third-order valence-electron chi connectivity index (χ3n) is 1.60. The molecule has 2 nitrogen and oxygen atoms in total. The number of rotatable bonds is 1. The Balaban J connectivity index is 0.000000292. The quantitative estimate of drug-likeness (QED) is 0.382. The molecule has 0 aliphatic heterocycles. The molecule has 0 atom stereocenters. The van der Waals surface area contributed by atoms with Crippen LogP contribution >= 0.6 is 0 Å². The van der Waals surface area contributed by atoms with Gasteiger partial charge >= 0.3 is 7.25 Å². The van der Waals surface area contributed by atoms with Crippen LogP contribution in [0.4, 0.5) is 17.3 Å². The van der Waals surface area contributed by atoms with Crippen molar-refractivity contribution in [2.75, 3.05) is 0 Å².